The van der Waals surface area contributed by atoms with Crippen molar-refractivity contribution in [3.8, 4) is 0 Å². The molecule has 1 aliphatic rings. The van der Waals surface area contributed by atoms with Crippen molar-refractivity contribution in [2.75, 3.05) is 31.9 Å². The van der Waals surface area contributed by atoms with E-state index >= 15 is 0 Å². The third-order valence-electron chi connectivity index (χ3n) is 4.43. The number of aryl methyl sites for hydroxylation is 1. The molecule has 4 heteroatoms. The van der Waals surface area contributed by atoms with Gasteiger partial charge in [0.25, 0.3) is 5.91 Å². The first-order valence-electron chi connectivity index (χ1n) is 8.43. The number of rotatable bonds is 6. The van der Waals surface area contributed by atoms with Gasteiger partial charge in [0.1, 0.15) is 0 Å². The first-order valence-corrected chi connectivity index (χ1v) is 8.43. The number of anilines is 1. The maximum atomic E-state index is 12.1. The summed E-state index contributed by atoms with van der Waals surface area (Å²) in [5.41, 5.74) is 8.04. The lowest BCUT2D eigenvalue weighted by Gasteiger charge is -2.30. The summed E-state index contributed by atoms with van der Waals surface area (Å²) < 4.78 is 0. The molecule has 1 unspecified atom stereocenters. The van der Waals surface area contributed by atoms with Gasteiger partial charge in [0.2, 0.25) is 0 Å². The fourth-order valence-electron chi connectivity index (χ4n) is 3.13. The van der Waals surface area contributed by atoms with Crippen LogP contribution < -0.4 is 11.1 Å². The average Bonchev–Trinajstić information content (AvgIpc) is 2.49. The maximum absolute atomic E-state index is 12.1. The molecule has 122 valence electrons. The second kappa shape index (κ2) is 8.18. The standard InChI is InChI=1S/C18H29N3O/c1-14-6-5-11-21(13-14)10-4-3-9-20-18(22)17-12-16(19)8-7-15(17)2/h7-8,12,14H,3-6,9-11,13,19H2,1-2H3,(H,20,22). The Morgan fingerprint density at radius 1 is 1.41 bits per heavy atom. The molecule has 1 aromatic carbocycles. The Kier molecular flexibility index (Phi) is 6.25. The molecular weight excluding hydrogens is 274 g/mol. The molecule has 1 aliphatic heterocycles. The van der Waals surface area contributed by atoms with Crippen molar-refractivity contribution in [2.24, 2.45) is 5.92 Å². The lowest BCUT2D eigenvalue weighted by atomic mass is 10.0. The zero-order valence-corrected chi connectivity index (χ0v) is 13.9. The van der Waals surface area contributed by atoms with Gasteiger partial charge in [0.15, 0.2) is 0 Å². The minimum absolute atomic E-state index is 0.0172. The van der Waals surface area contributed by atoms with E-state index in [1.54, 1.807) is 6.07 Å². The van der Waals surface area contributed by atoms with Crippen LogP contribution in [0.25, 0.3) is 0 Å². The number of likely N-dealkylation sites (tertiary alicyclic amines) is 1. The fraction of sp³-hybridized carbons (Fsp3) is 0.611. The second-order valence-corrected chi connectivity index (χ2v) is 6.59. The van der Waals surface area contributed by atoms with Crippen molar-refractivity contribution in [1.82, 2.24) is 10.2 Å². The average molecular weight is 303 g/mol. The molecular formula is C18H29N3O. The number of benzene rings is 1. The Morgan fingerprint density at radius 2 is 2.23 bits per heavy atom. The number of nitrogen functional groups attached to an aromatic ring is 1. The molecule has 3 N–H and O–H groups in total. The van der Waals surface area contributed by atoms with Gasteiger partial charge in [-0.05, 0) is 69.3 Å². The van der Waals surface area contributed by atoms with Gasteiger partial charge in [-0.25, -0.2) is 0 Å². The number of nitrogens with one attached hydrogen (secondary N) is 1. The number of unbranched alkanes of at least 4 members (excludes halogenated alkanes) is 1. The Morgan fingerprint density at radius 3 is 3.00 bits per heavy atom. The second-order valence-electron chi connectivity index (χ2n) is 6.59. The summed E-state index contributed by atoms with van der Waals surface area (Å²) in [7, 11) is 0. The van der Waals surface area contributed by atoms with Crippen LogP contribution in [0.2, 0.25) is 0 Å². The molecule has 0 bridgehead atoms. The quantitative estimate of drug-likeness (QED) is 0.627. The number of hydrogen-bond donors (Lipinski definition) is 2. The van der Waals surface area contributed by atoms with Crippen molar-refractivity contribution in [3.63, 3.8) is 0 Å². The zero-order chi connectivity index (χ0) is 15.9. The highest BCUT2D eigenvalue weighted by molar-refractivity contribution is 5.96. The lowest BCUT2D eigenvalue weighted by Crippen LogP contribution is -2.35. The number of carbonyl (C=O) groups excluding carboxylic acids is 1. The Hall–Kier alpha value is -1.55. The van der Waals surface area contributed by atoms with Crippen LogP contribution >= 0.6 is 0 Å². The molecule has 1 aromatic rings. The minimum atomic E-state index is -0.0172. The summed E-state index contributed by atoms with van der Waals surface area (Å²) >= 11 is 0. The van der Waals surface area contributed by atoms with Crippen molar-refractivity contribution in [3.05, 3.63) is 29.3 Å². The summed E-state index contributed by atoms with van der Waals surface area (Å²) in [6.07, 6.45) is 4.86. The fourth-order valence-corrected chi connectivity index (χ4v) is 3.13. The number of piperidine rings is 1. The molecule has 0 saturated carbocycles. The summed E-state index contributed by atoms with van der Waals surface area (Å²) in [4.78, 5) is 14.7. The zero-order valence-electron chi connectivity index (χ0n) is 13.9. The smallest absolute Gasteiger partial charge is 0.251 e. The number of nitrogens with zero attached hydrogens (tertiary/aromatic N) is 1. The van der Waals surface area contributed by atoms with Crippen molar-refractivity contribution in [2.45, 2.75) is 39.5 Å². The normalized spacial score (nSPS) is 19.1. The largest absolute Gasteiger partial charge is 0.399 e. The molecule has 1 atom stereocenters. The highest BCUT2D eigenvalue weighted by Crippen LogP contribution is 2.15. The van der Waals surface area contributed by atoms with Gasteiger partial charge < -0.3 is 16.0 Å². The highest BCUT2D eigenvalue weighted by atomic mass is 16.1. The Balaban J connectivity index is 1.66. The third kappa shape index (κ3) is 5.02. The van der Waals surface area contributed by atoms with E-state index in [1.165, 1.54) is 25.9 Å². The van der Waals surface area contributed by atoms with E-state index in [-0.39, 0.29) is 5.91 Å². The third-order valence-corrected chi connectivity index (χ3v) is 4.43. The van der Waals surface area contributed by atoms with E-state index in [1.807, 2.05) is 19.1 Å². The van der Waals surface area contributed by atoms with Gasteiger partial charge in [0.05, 0.1) is 0 Å². The Labute approximate surface area is 134 Å². The van der Waals surface area contributed by atoms with Crippen LogP contribution in [0, 0.1) is 12.8 Å². The molecule has 4 nitrogen and oxygen atoms in total. The van der Waals surface area contributed by atoms with Gasteiger partial charge in [-0.2, -0.15) is 0 Å². The van der Waals surface area contributed by atoms with Crippen LogP contribution in [-0.2, 0) is 0 Å². The van der Waals surface area contributed by atoms with Crippen molar-refractivity contribution in [1.29, 1.82) is 0 Å². The van der Waals surface area contributed by atoms with Gasteiger partial charge in [0, 0.05) is 24.3 Å². The number of amides is 1. The topological polar surface area (TPSA) is 58.4 Å². The van der Waals surface area contributed by atoms with Gasteiger partial charge >= 0.3 is 0 Å². The van der Waals surface area contributed by atoms with E-state index < -0.39 is 0 Å². The van der Waals surface area contributed by atoms with E-state index in [0.29, 0.717) is 11.3 Å². The lowest BCUT2D eigenvalue weighted by molar-refractivity contribution is 0.0951. The van der Waals surface area contributed by atoms with Gasteiger partial charge in [-0.3, -0.25) is 4.79 Å². The molecule has 0 aliphatic carbocycles. The first-order chi connectivity index (χ1) is 10.6. The molecule has 1 heterocycles. The first kappa shape index (κ1) is 16.8. The molecule has 0 aromatic heterocycles. The summed E-state index contributed by atoms with van der Waals surface area (Å²) in [5, 5.41) is 3.00. The summed E-state index contributed by atoms with van der Waals surface area (Å²) in [6.45, 7) is 8.62. The number of hydrogen-bond acceptors (Lipinski definition) is 3. The van der Waals surface area contributed by atoms with E-state index in [2.05, 4.69) is 17.1 Å². The van der Waals surface area contributed by atoms with Crippen LogP contribution in [0.3, 0.4) is 0 Å². The minimum Gasteiger partial charge on any atom is -0.399 e. The molecule has 1 saturated heterocycles. The molecule has 1 amide bonds. The molecule has 0 radical (unpaired) electrons. The molecule has 1 fully saturated rings. The SMILES string of the molecule is Cc1ccc(N)cc1C(=O)NCCCCN1CCCC(C)C1. The molecule has 0 spiro atoms. The predicted octanol–water partition coefficient (Wildman–Crippen LogP) is 2.82. The van der Waals surface area contributed by atoms with Crippen LogP contribution in [0.5, 0.6) is 0 Å². The summed E-state index contributed by atoms with van der Waals surface area (Å²) in [5.74, 6) is 0.816. The van der Waals surface area contributed by atoms with Gasteiger partial charge in [-0.15, -0.1) is 0 Å². The molecule has 2 rings (SSSR count). The number of nitrogens with two attached hydrogens (primary N) is 1. The van der Waals surface area contributed by atoms with E-state index in [4.69, 9.17) is 5.73 Å². The van der Waals surface area contributed by atoms with Crippen LogP contribution in [0.15, 0.2) is 18.2 Å². The van der Waals surface area contributed by atoms with Gasteiger partial charge in [-0.1, -0.05) is 13.0 Å². The van der Waals surface area contributed by atoms with E-state index in [9.17, 15) is 4.79 Å². The Bertz CT molecular complexity index is 501. The van der Waals surface area contributed by atoms with E-state index in [0.717, 1.165) is 37.4 Å². The van der Waals surface area contributed by atoms with Crippen LogP contribution in [0.4, 0.5) is 5.69 Å². The monoisotopic (exact) mass is 303 g/mol. The van der Waals surface area contributed by atoms with Crippen molar-refractivity contribution >= 4 is 11.6 Å². The maximum Gasteiger partial charge on any atom is 0.251 e. The summed E-state index contributed by atoms with van der Waals surface area (Å²) in [6, 6.07) is 5.47. The van der Waals surface area contributed by atoms with Crippen LogP contribution in [0.1, 0.15) is 48.5 Å². The highest BCUT2D eigenvalue weighted by Gasteiger charge is 2.15. The molecule has 22 heavy (non-hydrogen) atoms. The van der Waals surface area contributed by atoms with Crippen molar-refractivity contribution < 1.29 is 4.79 Å². The predicted molar refractivity (Wildman–Crippen MR) is 92.0 cm³/mol. The van der Waals surface area contributed by atoms with Crippen LogP contribution in [-0.4, -0.2) is 37.0 Å². The number of carbonyl (C=O) groups is 1.